The number of carbonyl (C=O) groups is 2. The first kappa shape index (κ1) is 25.7. The average molecular weight is 591 g/mol. The summed E-state index contributed by atoms with van der Waals surface area (Å²) in [5.41, 5.74) is 1.20. The van der Waals surface area contributed by atoms with E-state index in [-0.39, 0.29) is 17.3 Å². The van der Waals surface area contributed by atoms with Gasteiger partial charge < -0.3 is 10.2 Å². The summed E-state index contributed by atoms with van der Waals surface area (Å²) in [7, 11) is -2.54. The highest BCUT2D eigenvalue weighted by molar-refractivity contribution is 14.1. The molecule has 3 aromatic rings. The van der Waals surface area contributed by atoms with Crippen molar-refractivity contribution in [1.82, 2.24) is 10.2 Å². The molecular weight excluding hydrogens is 565 g/mol. The number of nitrogens with zero attached hydrogens (tertiary/aromatic N) is 2. The summed E-state index contributed by atoms with van der Waals surface area (Å²) in [6.07, 6.45) is 0. The topological polar surface area (TPSA) is 86.8 Å². The molecule has 0 aliphatic rings. The molecule has 1 atom stereocenters. The first-order valence-electron chi connectivity index (χ1n) is 10.6. The second-order valence-corrected chi connectivity index (χ2v) is 10.7. The van der Waals surface area contributed by atoms with Gasteiger partial charge in [-0.15, -0.1) is 0 Å². The Kier molecular flexibility index (Phi) is 8.67. The first-order valence-corrected chi connectivity index (χ1v) is 13.1. The zero-order valence-electron chi connectivity index (χ0n) is 18.9. The summed E-state index contributed by atoms with van der Waals surface area (Å²) in [6, 6.07) is 23.4. The van der Waals surface area contributed by atoms with E-state index in [0.717, 1.165) is 13.4 Å². The molecule has 0 heterocycles. The highest BCUT2D eigenvalue weighted by Gasteiger charge is 2.32. The maximum Gasteiger partial charge on any atom is 0.264 e. The van der Waals surface area contributed by atoms with E-state index in [1.165, 1.54) is 24.1 Å². The van der Waals surface area contributed by atoms with Crippen LogP contribution in [0.2, 0.25) is 0 Å². The molecule has 0 saturated carbocycles. The van der Waals surface area contributed by atoms with Gasteiger partial charge in [-0.3, -0.25) is 13.9 Å². The summed E-state index contributed by atoms with van der Waals surface area (Å²) in [4.78, 5) is 27.5. The smallest absolute Gasteiger partial charge is 0.264 e. The van der Waals surface area contributed by atoms with Crippen molar-refractivity contribution >= 4 is 50.1 Å². The summed E-state index contributed by atoms with van der Waals surface area (Å²) < 4.78 is 29.2. The molecule has 0 saturated heterocycles. The van der Waals surface area contributed by atoms with Crippen LogP contribution in [0.25, 0.3) is 0 Å². The van der Waals surface area contributed by atoms with Crippen molar-refractivity contribution in [3.63, 3.8) is 0 Å². The van der Waals surface area contributed by atoms with Crippen LogP contribution in [-0.2, 0) is 26.2 Å². The Labute approximate surface area is 214 Å². The predicted molar refractivity (Wildman–Crippen MR) is 141 cm³/mol. The summed E-state index contributed by atoms with van der Waals surface area (Å²) >= 11 is 2.13. The fraction of sp³-hybridized carbons (Fsp3) is 0.200. The molecule has 0 aliphatic carbocycles. The van der Waals surface area contributed by atoms with Crippen molar-refractivity contribution in [3.8, 4) is 0 Å². The molecule has 3 rings (SSSR count). The zero-order valence-corrected chi connectivity index (χ0v) is 21.9. The third kappa shape index (κ3) is 6.15. The minimum atomic E-state index is -4.04. The molecule has 0 spiro atoms. The van der Waals surface area contributed by atoms with E-state index in [2.05, 4.69) is 27.9 Å². The van der Waals surface area contributed by atoms with E-state index in [0.29, 0.717) is 5.69 Å². The van der Waals surface area contributed by atoms with Crippen molar-refractivity contribution in [2.45, 2.75) is 24.4 Å². The lowest BCUT2D eigenvalue weighted by Gasteiger charge is -2.31. The monoisotopic (exact) mass is 591 g/mol. The molecule has 1 N–H and O–H groups in total. The van der Waals surface area contributed by atoms with Crippen LogP contribution in [0.3, 0.4) is 0 Å². The SMILES string of the molecule is CNC(=O)[C@@H](C)N(Cc1ccccc1)C(=O)CN(c1ccc(I)cc1)S(=O)(=O)c1ccccc1. The number of hydrogen-bond acceptors (Lipinski definition) is 4. The third-order valence-corrected chi connectivity index (χ3v) is 7.84. The van der Waals surface area contributed by atoms with E-state index in [9.17, 15) is 18.0 Å². The maximum atomic E-state index is 13.6. The van der Waals surface area contributed by atoms with Gasteiger partial charge in [0.25, 0.3) is 10.0 Å². The Balaban J connectivity index is 2.00. The molecule has 0 radical (unpaired) electrons. The van der Waals surface area contributed by atoms with Gasteiger partial charge in [0.05, 0.1) is 10.6 Å². The lowest BCUT2D eigenvalue weighted by molar-refractivity contribution is -0.139. The Hall–Kier alpha value is -2.92. The Morgan fingerprint density at radius 1 is 0.912 bits per heavy atom. The van der Waals surface area contributed by atoms with Gasteiger partial charge in [0.1, 0.15) is 12.6 Å². The van der Waals surface area contributed by atoms with Gasteiger partial charge in [-0.1, -0.05) is 48.5 Å². The molecule has 0 unspecified atom stereocenters. The second kappa shape index (κ2) is 11.5. The molecule has 0 aliphatic heterocycles. The third-order valence-electron chi connectivity index (χ3n) is 5.33. The molecule has 34 heavy (non-hydrogen) atoms. The lowest BCUT2D eigenvalue weighted by Crippen LogP contribution is -2.50. The Morgan fingerprint density at radius 2 is 1.47 bits per heavy atom. The highest BCUT2D eigenvalue weighted by Crippen LogP contribution is 2.25. The number of amides is 2. The fourth-order valence-corrected chi connectivity index (χ4v) is 5.22. The van der Waals surface area contributed by atoms with Crippen molar-refractivity contribution < 1.29 is 18.0 Å². The molecule has 7 nitrogen and oxygen atoms in total. The number of nitrogens with one attached hydrogen (secondary N) is 1. The van der Waals surface area contributed by atoms with Crippen LogP contribution < -0.4 is 9.62 Å². The van der Waals surface area contributed by atoms with Gasteiger partial charge in [0.2, 0.25) is 11.8 Å². The fourth-order valence-electron chi connectivity index (χ4n) is 3.43. The number of sulfonamides is 1. The zero-order chi connectivity index (χ0) is 24.7. The number of benzene rings is 3. The summed E-state index contributed by atoms with van der Waals surface area (Å²) in [5, 5.41) is 2.57. The molecule has 3 aromatic carbocycles. The molecule has 178 valence electrons. The van der Waals surface area contributed by atoms with Crippen LogP contribution in [0.1, 0.15) is 12.5 Å². The molecule has 0 bridgehead atoms. The number of rotatable bonds is 9. The number of likely N-dealkylation sites (N-methyl/N-ethyl adjacent to an activating group) is 1. The molecule has 9 heteroatoms. The Bertz CT molecular complexity index is 1220. The molecule has 0 fully saturated rings. The van der Waals surface area contributed by atoms with Gasteiger partial charge >= 0.3 is 0 Å². The van der Waals surface area contributed by atoms with E-state index < -0.39 is 28.5 Å². The predicted octanol–water partition coefficient (Wildman–Crippen LogP) is 3.65. The molecule has 2 amide bonds. The van der Waals surface area contributed by atoms with Gasteiger partial charge in [-0.05, 0) is 71.5 Å². The van der Waals surface area contributed by atoms with Gasteiger partial charge in [0.15, 0.2) is 0 Å². The van der Waals surface area contributed by atoms with Crippen LogP contribution in [-0.4, -0.2) is 44.8 Å². The van der Waals surface area contributed by atoms with Crippen molar-refractivity contribution in [2.75, 3.05) is 17.9 Å². The van der Waals surface area contributed by atoms with E-state index in [4.69, 9.17) is 0 Å². The number of carbonyl (C=O) groups excluding carboxylic acids is 2. The minimum Gasteiger partial charge on any atom is -0.357 e. The van der Waals surface area contributed by atoms with Crippen molar-refractivity contribution in [3.05, 3.63) is 94.1 Å². The number of hydrogen-bond donors (Lipinski definition) is 1. The lowest BCUT2D eigenvalue weighted by atomic mass is 10.1. The first-order chi connectivity index (χ1) is 16.2. The van der Waals surface area contributed by atoms with Crippen LogP contribution in [0.4, 0.5) is 5.69 Å². The van der Waals surface area contributed by atoms with E-state index >= 15 is 0 Å². The van der Waals surface area contributed by atoms with Crippen molar-refractivity contribution in [1.29, 1.82) is 0 Å². The normalized spacial score (nSPS) is 12.0. The minimum absolute atomic E-state index is 0.0790. The van der Waals surface area contributed by atoms with Crippen LogP contribution >= 0.6 is 22.6 Å². The summed E-state index contributed by atoms with van der Waals surface area (Å²) in [6.45, 7) is 1.34. The number of halogens is 1. The van der Waals surface area contributed by atoms with Crippen LogP contribution in [0.5, 0.6) is 0 Å². The standard InChI is InChI=1S/C25H26IN3O4S/c1-19(25(31)27-2)28(17-20-9-5-3-6-10-20)24(30)18-29(22-15-13-21(26)14-16-22)34(32,33)23-11-7-4-8-12-23/h3-16,19H,17-18H2,1-2H3,(H,27,31)/t19-/m1/s1. The van der Waals surface area contributed by atoms with Gasteiger partial charge in [0, 0.05) is 17.2 Å². The Morgan fingerprint density at radius 3 is 2.03 bits per heavy atom. The van der Waals surface area contributed by atoms with Crippen LogP contribution in [0.15, 0.2) is 89.8 Å². The van der Waals surface area contributed by atoms with Gasteiger partial charge in [-0.25, -0.2) is 8.42 Å². The van der Waals surface area contributed by atoms with Crippen LogP contribution in [0, 0.1) is 3.57 Å². The second-order valence-electron chi connectivity index (χ2n) is 7.60. The quantitative estimate of drug-likeness (QED) is 0.385. The van der Waals surface area contributed by atoms with E-state index in [1.807, 2.05) is 30.3 Å². The maximum absolute atomic E-state index is 13.6. The van der Waals surface area contributed by atoms with E-state index in [1.54, 1.807) is 49.4 Å². The molecular formula is C25H26IN3O4S. The largest absolute Gasteiger partial charge is 0.357 e. The van der Waals surface area contributed by atoms with Gasteiger partial charge in [-0.2, -0.15) is 0 Å². The average Bonchev–Trinajstić information content (AvgIpc) is 2.86. The number of anilines is 1. The summed E-state index contributed by atoms with van der Waals surface area (Å²) in [5.74, 6) is -0.825. The highest BCUT2D eigenvalue weighted by atomic mass is 127. The molecule has 0 aromatic heterocycles. The van der Waals surface area contributed by atoms with Crippen molar-refractivity contribution in [2.24, 2.45) is 0 Å².